The Hall–Kier alpha value is -2.11. The van der Waals surface area contributed by atoms with Crippen LogP contribution in [0.5, 0.6) is 0 Å². The van der Waals surface area contributed by atoms with Crippen molar-refractivity contribution >= 4 is 17.9 Å². The summed E-state index contributed by atoms with van der Waals surface area (Å²) < 4.78 is 16.9. The fourth-order valence-electron chi connectivity index (χ4n) is 9.26. The molecule has 6 heteroatoms. The third kappa shape index (κ3) is 56.7. The van der Waals surface area contributed by atoms with Gasteiger partial charge in [-0.3, -0.25) is 14.4 Å². The van der Waals surface area contributed by atoms with E-state index in [0.29, 0.717) is 19.3 Å². The highest BCUT2D eigenvalue weighted by Crippen LogP contribution is 2.17. The van der Waals surface area contributed by atoms with Gasteiger partial charge in [0.05, 0.1) is 0 Å². The molecule has 0 aromatic rings. The first-order valence-electron chi connectivity index (χ1n) is 30.8. The highest BCUT2D eigenvalue weighted by atomic mass is 16.6. The van der Waals surface area contributed by atoms with Crippen LogP contribution in [0.25, 0.3) is 0 Å². The Morgan fingerprint density at radius 1 is 0.275 bits per heavy atom. The first-order chi connectivity index (χ1) is 34.0. The van der Waals surface area contributed by atoms with E-state index in [2.05, 4.69) is 45.1 Å². The summed E-state index contributed by atoms with van der Waals surface area (Å²) in [6.45, 7) is 6.68. The van der Waals surface area contributed by atoms with E-state index in [1.54, 1.807) is 0 Å². The molecule has 0 aliphatic heterocycles. The Bertz CT molecular complexity index is 1110. The molecule has 0 saturated carbocycles. The van der Waals surface area contributed by atoms with Crippen LogP contribution >= 0.6 is 0 Å². The number of carbonyl (C=O) groups excluding carboxylic acids is 3. The summed E-state index contributed by atoms with van der Waals surface area (Å²) in [5.74, 6) is -0.849. The highest BCUT2D eigenvalue weighted by molar-refractivity contribution is 5.71. The molecule has 0 saturated heterocycles. The fraction of sp³-hybridized carbons (Fsp3) is 0.889. The average Bonchev–Trinajstić information content (AvgIpc) is 3.35. The second-order valence-corrected chi connectivity index (χ2v) is 21.0. The number of unbranched alkanes of at least 4 members (excludes halogenated alkanes) is 42. The summed E-state index contributed by atoms with van der Waals surface area (Å²) in [6, 6.07) is 0. The largest absolute Gasteiger partial charge is 0.462 e. The molecule has 1 atom stereocenters. The van der Waals surface area contributed by atoms with E-state index >= 15 is 0 Å². The van der Waals surface area contributed by atoms with Crippen molar-refractivity contribution in [3.63, 3.8) is 0 Å². The maximum absolute atomic E-state index is 12.9. The van der Waals surface area contributed by atoms with E-state index < -0.39 is 6.10 Å². The first kappa shape index (κ1) is 66.9. The Balaban J connectivity index is 4.30. The van der Waals surface area contributed by atoms with E-state index in [1.807, 2.05) is 0 Å². The van der Waals surface area contributed by atoms with Crippen molar-refractivity contribution in [3.8, 4) is 0 Å². The zero-order valence-corrected chi connectivity index (χ0v) is 46.6. The molecule has 406 valence electrons. The number of carbonyl (C=O) groups is 3. The molecule has 0 spiro atoms. The lowest BCUT2D eigenvalue weighted by Crippen LogP contribution is -2.30. The highest BCUT2D eigenvalue weighted by Gasteiger charge is 2.19. The molecule has 0 aliphatic carbocycles. The van der Waals surface area contributed by atoms with Gasteiger partial charge in [-0.1, -0.05) is 276 Å². The molecule has 0 unspecified atom stereocenters. The molecular weight excluding hydrogens is 853 g/mol. The Labute approximate surface area is 430 Å². The summed E-state index contributed by atoms with van der Waals surface area (Å²) in [5, 5.41) is 0. The predicted molar refractivity (Wildman–Crippen MR) is 298 cm³/mol. The zero-order valence-electron chi connectivity index (χ0n) is 46.6. The van der Waals surface area contributed by atoms with E-state index in [1.165, 1.54) is 244 Å². The van der Waals surface area contributed by atoms with Crippen molar-refractivity contribution in [2.75, 3.05) is 13.2 Å². The third-order valence-corrected chi connectivity index (χ3v) is 13.9. The number of hydrogen-bond donors (Lipinski definition) is 0. The van der Waals surface area contributed by atoms with Crippen LogP contribution in [0, 0.1) is 0 Å². The van der Waals surface area contributed by atoms with Crippen molar-refractivity contribution < 1.29 is 28.6 Å². The molecule has 0 N–H and O–H groups in total. The summed E-state index contributed by atoms with van der Waals surface area (Å²) >= 11 is 0. The fourth-order valence-corrected chi connectivity index (χ4v) is 9.26. The van der Waals surface area contributed by atoms with Crippen LogP contribution in [0.2, 0.25) is 0 Å². The average molecular weight is 972 g/mol. The minimum atomic E-state index is -0.769. The summed E-state index contributed by atoms with van der Waals surface area (Å²) in [4.78, 5) is 38.2. The monoisotopic (exact) mass is 971 g/mol. The van der Waals surface area contributed by atoms with Crippen LogP contribution in [0.4, 0.5) is 0 Å². The number of rotatable bonds is 57. The van der Waals surface area contributed by atoms with Gasteiger partial charge in [0.25, 0.3) is 0 Å². The van der Waals surface area contributed by atoms with Gasteiger partial charge in [0.2, 0.25) is 0 Å². The second kappa shape index (κ2) is 58.5. The standard InChI is InChI=1S/C63H118O6/c1-4-7-10-13-16-19-22-25-27-29-31-33-35-38-41-44-47-50-53-56-62(65)68-59-60(58-67-61(64)55-52-49-46-43-40-37-24-21-18-15-12-9-6-3)69-63(66)57-54-51-48-45-42-39-36-34-32-30-28-26-23-20-17-14-11-8-5-2/h25-28,60H,4-24,29-59H2,1-3H3/b27-25+,28-26+/t60-/m1/s1. The van der Waals surface area contributed by atoms with E-state index in [4.69, 9.17) is 14.2 Å². The van der Waals surface area contributed by atoms with Crippen molar-refractivity contribution in [2.24, 2.45) is 0 Å². The molecule has 0 radical (unpaired) electrons. The summed E-state index contributed by atoms with van der Waals surface area (Å²) in [6.07, 6.45) is 68.9. The van der Waals surface area contributed by atoms with Crippen molar-refractivity contribution in [2.45, 2.75) is 348 Å². The van der Waals surface area contributed by atoms with Gasteiger partial charge in [0, 0.05) is 19.3 Å². The van der Waals surface area contributed by atoms with Crippen LogP contribution in [-0.4, -0.2) is 37.2 Å². The minimum Gasteiger partial charge on any atom is -0.462 e. The molecule has 6 nitrogen and oxygen atoms in total. The zero-order chi connectivity index (χ0) is 50.0. The van der Waals surface area contributed by atoms with Gasteiger partial charge in [-0.05, 0) is 70.6 Å². The van der Waals surface area contributed by atoms with Gasteiger partial charge in [0.1, 0.15) is 13.2 Å². The maximum atomic E-state index is 12.9. The first-order valence-corrected chi connectivity index (χ1v) is 30.8. The van der Waals surface area contributed by atoms with Crippen LogP contribution in [0.1, 0.15) is 342 Å². The smallest absolute Gasteiger partial charge is 0.306 e. The van der Waals surface area contributed by atoms with Crippen LogP contribution < -0.4 is 0 Å². The molecule has 0 bridgehead atoms. The van der Waals surface area contributed by atoms with E-state index in [-0.39, 0.29) is 31.1 Å². The topological polar surface area (TPSA) is 78.9 Å². The maximum Gasteiger partial charge on any atom is 0.306 e. The molecular formula is C63H118O6. The Kier molecular flexibility index (Phi) is 56.7. The molecule has 0 rings (SSSR count). The number of esters is 3. The van der Waals surface area contributed by atoms with Crippen molar-refractivity contribution in [3.05, 3.63) is 24.3 Å². The Morgan fingerprint density at radius 2 is 0.478 bits per heavy atom. The lowest BCUT2D eigenvalue weighted by atomic mass is 10.0. The van der Waals surface area contributed by atoms with Gasteiger partial charge < -0.3 is 14.2 Å². The van der Waals surface area contributed by atoms with E-state index in [0.717, 1.165) is 57.8 Å². The predicted octanol–water partition coefficient (Wildman–Crippen LogP) is 20.7. The summed E-state index contributed by atoms with van der Waals surface area (Å²) in [7, 11) is 0. The lowest BCUT2D eigenvalue weighted by Gasteiger charge is -2.18. The summed E-state index contributed by atoms with van der Waals surface area (Å²) in [5.41, 5.74) is 0. The van der Waals surface area contributed by atoms with Crippen LogP contribution in [0.3, 0.4) is 0 Å². The van der Waals surface area contributed by atoms with Gasteiger partial charge in [-0.2, -0.15) is 0 Å². The lowest BCUT2D eigenvalue weighted by molar-refractivity contribution is -0.167. The third-order valence-electron chi connectivity index (χ3n) is 13.9. The second-order valence-electron chi connectivity index (χ2n) is 21.0. The molecule has 0 aliphatic rings. The Morgan fingerprint density at radius 3 is 0.725 bits per heavy atom. The molecule has 69 heavy (non-hydrogen) atoms. The molecule has 0 heterocycles. The van der Waals surface area contributed by atoms with Gasteiger partial charge in [0.15, 0.2) is 6.10 Å². The minimum absolute atomic E-state index is 0.0677. The van der Waals surface area contributed by atoms with Crippen molar-refractivity contribution in [1.82, 2.24) is 0 Å². The van der Waals surface area contributed by atoms with Crippen LogP contribution in [-0.2, 0) is 28.6 Å². The number of hydrogen-bond acceptors (Lipinski definition) is 6. The van der Waals surface area contributed by atoms with Gasteiger partial charge in [-0.25, -0.2) is 0 Å². The quantitative estimate of drug-likeness (QED) is 0.0261. The molecule has 0 fully saturated rings. The van der Waals surface area contributed by atoms with Crippen molar-refractivity contribution in [1.29, 1.82) is 0 Å². The number of ether oxygens (including phenoxy) is 3. The number of allylic oxidation sites excluding steroid dienone is 4. The van der Waals surface area contributed by atoms with E-state index in [9.17, 15) is 14.4 Å². The molecule has 0 aromatic heterocycles. The van der Waals surface area contributed by atoms with Gasteiger partial charge in [-0.15, -0.1) is 0 Å². The molecule has 0 amide bonds. The van der Waals surface area contributed by atoms with Crippen LogP contribution in [0.15, 0.2) is 24.3 Å². The normalized spacial score (nSPS) is 12.1. The molecule has 0 aromatic carbocycles. The SMILES string of the molecule is CCCCCCCC/C=C/CCCCCCCCCCCC(=O)OC[C@@H](COC(=O)CCCCCCCCCCCCCCC)OC(=O)CCCCCCCCCCC/C=C/CCCCCCCC. The van der Waals surface area contributed by atoms with Gasteiger partial charge >= 0.3 is 17.9 Å².